The van der Waals surface area contributed by atoms with E-state index in [1.54, 1.807) is 33.5 Å². The van der Waals surface area contributed by atoms with Crippen molar-refractivity contribution in [3.63, 3.8) is 0 Å². The van der Waals surface area contributed by atoms with Gasteiger partial charge in [0.2, 0.25) is 5.75 Å². The number of hydrogen-bond donors (Lipinski definition) is 3. The summed E-state index contributed by atoms with van der Waals surface area (Å²) in [5.41, 5.74) is 4.42. The van der Waals surface area contributed by atoms with Crippen molar-refractivity contribution in [1.82, 2.24) is 10.3 Å². The van der Waals surface area contributed by atoms with E-state index in [4.69, 9.17) is 18.9 Å². The lowest BCUT2D eigenvalue weighted by molar-refractivity contribution is 0.0916. The minimum Gasteiger partial charge on any atom is -0.493 e. The van der Waals surface area contributed by atoms with Gasteiger partial charge in [-0.2, -0.15) is 0 Å². The summed E-state index contributed by atoms with van der Waals surface area (Å²) in [7, 11) is 4.71. The molecule has 0 bridgehead atoms. The van der Waals surface area contributed by atoms with Crippen LogP contribution in [0.1, 0.15) is 27.0 Å². The maximum Gasteiger partial charge on any atom is 0.251 e. The Morgan fingerprint density at radius 2 is 1.59 bits per heavy atom. The number of H-pyrrole nitrogens is 1. The van der Waals surface area contributed by atoms with Crippen molar-refractivity contribution < 1.29 is 28.8 Å². The molecule has 0 saturated carbocycles. The SMILES string of the molecule is COc1cc(COCc2ccc(C(=O)NC(CO)Cc3c[nH]c4ccccc34)cc2)cc(OC)c1OC. The second kappa shape index (κ2) is 12.3. The van der Waals surface area contributed by atoms with Gasteiger partial charge in [-0.1, -0.05) is 30.3 Å². The number of fused-ring (bicyclic) bond motifs is 1. The molecule has 1 amide bonds. The lowest BCUT2D eigenvalue weighted by Gasteiger charge is -2.16. The number of aliphatic hydroxyl groups excluding tert-OH is 1. The molecule has 0 aliphatic carbocycles. The van der Waals surface area contributed by atoms with Crippen molar-refractivity contribution in [3.8, 4) is 17.2 Å². The van der Waals surface area contributed by atoms with E-state index < -0.39 is 6.04 Å². The van der Waals surface area contributed by atoms with Crippen LogP contribution in [-0.2, 0) is 24.4 Å². The van der Waals surface area contributed by atoms with Crippen LogP contribution in [0, 0.1) is 0 Å². The fraction of sp³-hybridized carbons (Fsp3) is 0.276. The second-order valence-corrected chi connectivity index (χ2v) is 8.64. The molecule has 194 valence electrons. The van der Waals surface area contributed by atoms with Crippen molar-refractivity contribution in [2.75, 3.05) is 27.9 Å². The number of methoxy groups -OCH3 is 3. The van der Waals surface area contributed by atoms with Crippen LogP contribution in [0.4, 0.5) is 0 Å². The fourth-order valence-corrected chi connectivity index (χ4v) is 4.25. The summed E-state index contributed by atoms with van der Waals surface area (Å²) < 4.78 is 22.0. The lowest BCUT2D eigenvalue weighted by atomic mass is 10.0. The highest BCUT2D eigenvalue weighted by Crippen LogP contribution is 2.38. The Labute approximate surface area is 216 Å². The Balaban J connectivity index is 1.32. The first-order valence-electron chi connectivity index (χ1n) is 12.0. The second-order valence-electron chi connectivity index (χ2n) is 8.64. The van der Waals surface area contributed by atoms with E-state index in [9.17, 15) is 9.90 Å². The van der Waals surface area contributed by atoms with Crippen LogP contribution in [0.15, 0.2) is 66.9 Å². The molecule has 0 aliphatic heterocycles. The van der Waals surface area contributed by atoms with Crippen LogP contribution in [0.25, 0.3) is 10.9 Å². The third-order valence-electron chi connectivity index (χ3n) is 6.17. The molecular weight excluding hydrogens is 472 g/mol. The molecule has 3 N–H and O–H groups in total. The standard InChI is InChI=1S/C29H32N2O6/c1-34-26-12-20(13-27(35-2)28(26)36-3)18-37-17-19-8-10-21(11-9-19)29(33)31-23(16-32)14-22-15-30-25-7-5-4-6-24(22)25/h4-13,15,23,30,32H,14,16-18H2,1-3H3,(H,31,33). The summed E-state index contributed by atoms with van der Waals surface area (Å²) in [6.07, 6.45) is 2.45. The number of aliphatic hydroxyl groups is 1. The Hall–Kier alpha value is -4.01. The van der Waals surface area contributed by atoms with Crippen molar-refractivity contribution in [3.05, 3.63) is 89.1 Å². The number of rotatable bonds is 12. The van der Waals surface area contributed by atoms with E-state index >= 15 is 0 Å². The van der Waals surface area contributed by atoms with Gasteiger partial charge >= 0.3 is 0 Å². The third kappa shape index (κ3) is 6.22. The predicted octanol–water partition coefficient (Wildman–Crippen LogP) is 4.24. The van der Waals surface area contributed by atoms with E-state index in [1.165, 1.54) is 0 Å². The number of ether oxygens (including phenoxy) is 4. The lowest BCUT2D eigenvalue weighted by Crippen LogP contribution is -2.39. The van der Waals surface area contributed by atoms with Gasteiger partial charge in [0.25, 0.3) is 5.91 Å². The zero-order valence-electron chi connectivity index (χ0n) is 21.2. The Bertz CT molecular complexity index is 1310. The van der Waals surface area contributed by atoms with Gasteiger partial charge in [0, 0.05) is 22.7 Å². The average Bonchev–Trinajstić information content (AvgIpc) is 3.35. The Morgan fingerprint density at radius 3 is 2.24 bits per heavy atom. The minimum absolute atomic E-state index is 0.155. The number of para-hydroxylation sites is 1. The average molecular weight is 505 g/mol. The maximum atomic E-state index is 12.8. The molecule has 37 heavy (non-hydrogen) atoms. The van der Waals surface area contributed by atoms with Gasteiger partial charge in [0.15, 0.2) is 11.5 Å². The van der Waals surface area contributed by atoms with Crippen LogP contribution in [0.3, 0.4) is 0 Å². The van der Waals surface area contributed by atoms with E-state index in [0.717, 1.165) is 27.6 Å². The number of carbonyl (C=O) groups excluding carboxylic acids is 1. The van der Waals surface area contributed by atoms with E-state index in [2.05, 4.69) is 10.3 Å². The highest BCUT2D eigenvalue weighted by Gasteiger charge is 2.16. The summed E-state index contributed by atoms with van der Waals surface area (Å²) in [6, 6.07) is 18.5. The van der Waals surface area contributed by atoms with Crippen LogP contribution in [-0.4, -0.2) is 50.0 Å². The molecule has 1 unspecified atom stereocenters. The van der Waals surface area contributed by atoms with Gasteiger partial charge in [-0.15, -0.1) is 0 Å². The monoisotopic (exact) mass is 504 g/mol. The Kier molecular flexibility index (Phi) is 8.66. The number of benzene rings is 3. The molecule has 8 heteroatoms. The molecule has 4 rings (SSSR count). The molecule has 0 radical (unpaired) electrons. The number of aromatic amines is 1. The van der Waals surface area contributed by atoms with Gasteiger partial charge in [-0.25, -0.2) is 0 Å². The van der Waals surface area contributed by atoms with Crippen molar-refractivity contribution in [2.24, 2.45) is 0 Å². The van der Waals surface area contributed by atoms with E-state index in [-0.39, 0.29) is 12.5 Å². The minimum atomic E-state index is -0.395. The summed E-state index contributed by atoms with van der Waals surface area (Å²) in [5, 5.41) is 13.9. The molecule has 3 aromatic carbocycles. The highest BCUT2D eigenvalue weighted by molar-refractivity contribution is 5.94. The molecule has 0 aliphatic rings. The summed E-state index contributed by atoms with van der Waals surface area (Å²) in [6.45, 7) is 0.571. The smallest absolute Gasteiger partial charge is 0.251 e. The normalized spacial score (nSPS) is 11.8. The van der Waals surface area contributed by atoms with Gasteiger partial charge in [-0.05, 0) is 53.4 Å². The van der Waals surface area contributed by atoms with Crippen molar-refractivity contribution in [1.29, 1.82) is 0 Å². The highest BCUT2D eigenvalue weighted by atomic mass is 16.5. The van der Waals surface area contributed by atoms with Gasteiger partial charge in [-0.3, -0.25) is 4.79 Å². The molecule has 8 nitrogen and oxygen atoms in total. The topological polar surface area (TPSA) is 102 Å². The number of hydrogen-bond acceptors (Lipinski definition) is 6. The number of nitrogens with one attached hydrogen (secondary N) is 2. The summed E-state index contributed by atoms with van der Waals surface area (Å²) in [5.74, 6) is 1.44. The molecule has 1 aromatic heterocycles. The largest absolute Gasteiger partial charge is 0.493 e. The van der Waals surface area contributed by atoms with Crippen LogP contribution >= 0.6 is 0 Å². The van der Waals surface area contributed by atoms with Crippen molar-refractivity contribution in [2.45, 2.75) is 25.7 Å². The quantitative estimate of drug-likeness (QED) is 0.267. The first kappa shape index (κ1) is 26.1. The zero-order chi connectivity index (χ0) is 26.2. The Morgan fingerprint density at radius 1 is 0.919 bits per heavy atom. The van der Waals surface area contributed by atoms with E-state index in [0.29, 0.717) is 42.4 Å². The third-order valence-corrected chi connectivity index (χ3v) is 6.17. The molecule has 4 aromatic rings. The molecular formula is C29H32N2O6. The summed E-state index contributed by atoms with van der Waals surface area (Å²) >= 11 is 0. The van der Waals surface area contributed by atoms with Gasteiger partial charge in [0.05, 0.1) is 47.2 Å². The fourth-order valence-electron chi connectivity index (χ4n) is 4.25. The van der Waals surface area contributed by atoms with Gasteiger partial charge < -0.3 is 34.4 Å². The molecule has 0 fully saturated rings. The number of amides is 1. The van der Waals surface area contributed by atoms with Crippen molar-refractivity contribution >= 4 is 16.8 Å². The number of aromatic nitrogens is 1. The summed E-state index contributed by atoms with van der Waals surface area (Å²) in [4.78, 5) is 16.0. The first-order valence-corrected chi connectivity index (χ1v) is 12.0. The van der Waals surface area contributed by atoms with Crippen LogP contribution in [0.2, 0.25) is 0 Å². The van der Waals surface area contributed by atoms with E-state index in [1.807, 2.05) is 54.7 Å². The van der Waals surface area contributed by atoms with Gasteiger partial charge in [0.1, 0.15) is 0 Å². The molecule has 0 spiro atoms. The first-order chi connectivity index (χ1) is 18.1. The molecule has 1 heterocycles. The molecule has 0 saturated heterocycles. The zero-order valence-corrected chi connectivity index (χ0v) is 21.2. The van der Waals surface area contributed by atoms with Crippen LogP contribution in [0.5, 0.6) is 17.2 Å². The predicted molar refractivity (Wildman–Crippen MR) is 141 cm³/mol. The van der Waals surface area contributed by atoms with Crippen LogP contribution < -0.4 is 19.5 Å². The molecule has 1 atom stereocenters. The maximum absolute atomic E-state index is 12.8. The number of carbonyl (C=O) groups is 1.